The van der Waals surface area contributed by atoms with Crippen molar-refractivity contribution in [3.05, 3.63) is 51.4 Å². The number of allylic oxidation sites excluding steroid dienone is 1. The quantitative estimate of drug-likeness (QED) is 0.109. The van der Waals surface area contributed by atoms with Gasteiger partial charge in [-0.15, -0.1) is 5.76 Å². The molecule has 0 aromatic heterocycles. The van der Waals surface area contributed by atoms with Crippen molar-refractivity contribution in [2.24, 2.45) is 0 Å². The number of carbonyl (C=O) groups excluding carboxylic acids is 2. The molecule has 1 aromatic carbocycles. The van der Waals surface area contributed by atoms with Crippen LogP contribution in [-0.4, -0.2) is 52.0 Å². The minimum absolute atomic E-state index is 0.0692. The van der Waals surface area contributed by atoms with E-state index >= 15 is 0 Å². The van der Waals surface area contributed by atoms with Gasteiger partial charge in [-0.3, -0.25) is 19.8 Å². The summed E-state index contributed by atoms with van der Waals surface area (Å²) < 4.78 is 5.91. The number of quaternary nitrogens is 1. The first kappa shape index (κ1) is 23.3. The largest absolute Gasteiger partial charge is 0.874 e. The number of likely N-dealkylation sites (tertiary alicyclic amines) is 1. The van der Waals surface area contributed by atoms with Crippen LogP contribution < -0.4 is 5.11 Å². The molecule has 0 radical (unpaired) electrons. The Kier molecular flexibility index (Phi) is 7.55. The van der Waals surface area contributed by atoms with Crippen molar-refractivity contribution in [2.75, 3.05) is 19.6 Å². The predicted molar refractivity (Wildman–Crippen MR) is 107 cm³/mol. The number of nitrogens with zero attached hydrogens (tertiary/aromatic N) is 3. The summed E-state index contributed by atoms with van der Waals surface area (Å²) in [4.78, 5) is 36.8. The molecule has 30 heavy (non-hydrogen) atoms. The molecule has 164 valence electrons. The molecular weight excluding hydrogens is 390 g/mol. The van der Waals surface area contributed by atoms with Crippen molar-refractivity contribution >= 4 is 17.6 Å². The lowest BCUT2D eigenvalue weighted by molar-refractivity contribution is -0.958. The van der Waals surface area contributed by atoms with Gasteiger partial charge < -0.3 is 14.3 Å². The summed E-state index contributed by atoms with van der Waals surface area (Å²) in [6.07, 6.45) is 0.0871. The number of nitro groups is 1. The molecule has 0 aliphatic carbocycles. The zero-order chi connectivity index (χ0) is 22.5. The second-order valence-electron chi connectivity index (χ2n) is 7.24. The van der Waals surface area contributed by atoms with Gasteiger partial charge in [0, 0.05) is 12.1 Å². The number of ether oxygens (including phenoxy) is 1. The monoisotopic (exact) mass is 419 g/mol. The van der Waals surface area contributed by atoms with E-state index in [1.807, 2.05) is 20.8 Å². The van der Waals surface area contributed by atoms with Crippen LogP contribution in [0.5, 0.6) is 0 Å². The molecule has 0 N–H and O–H groups in total. The zero-order valence-electron chi connectivity index (χ0n) is 17.9. The molecule has 2 rings (SSSR count). The number of nitro benzene ring substituents is 1. The Morgan fingerprint density at radius 1 is 1.17 bits per heavy atom. The highest BCUT2D eigenvalue weighted by Gasteiger charge is 2.51. The van der Waals surface area contributed by atoms with Gasteiger partial charge in [0.1, 0.15) is 18.7 Å². The molecule has 1 heterocycles. The van der Waals surface area contributed by atoms with Crippen molar-refractivity contribution in [3.8, 4) is 0 Å². The highest BCUT2D eigenvalue weighted by molar-refractivity contribution is 5.97. The maximum absolute atomic E-state index is 12.8. The molecule has 1 aromatic rings. The lowest BCUT2D eigenvalue weighted by Gasteiger charge is -2.53. The zero-order valence-corrected chi connectivity index (χ0v) is 17.9. The SMILES string of the molecule is CC/C([O-])=C(\C(=O)OCc1ccc([N+](=O)[O-])cc1)N1C(=O)CC1[N+](CC)(CC)CC. The minimum atomic E-state index is -0.848. The molecule has 1 aliphatic rings. The maximum Gasteiger partial charge on any atom is 0.354 e. The first-order valence-electron chi connectivity index (χ1n) is 10.2. The Labute approximate surface area is 176 Å². The number of β-lactam (4-membered cyclic amide) rings is 1. The number of benzene rings is 1. The lowest BCUT2D eigenvalue weighted by atomic mass is 10.0. The fourth-order valence-electron chi connectivity index (χ4n) is 3.86. The number of hydrogen-bond donors (Lipinski definition) is 0. The summed E-state index contributed by atoms with van der Waals surface area (Å²) in [5.74, 6) is -1.55. The summed E-state index contributed by atoms with van der Waals surface area (Å²) >= 11 is 0. The van der Waals surface area contributed by atoms with Gasteiger partial charge in [0.15, 0.2) is 6.17 Å². The fraction of sp³-hybridized carbons (Fsp3) is 0.524. The molecule has 9 nitrogen and oxygen atoms in total. The molecule has 1 amide bonds. The number of carbonyl (C=O) groups is 2. The van der Waals surface area contributed by atoms with E-state index in [1.165, 1.54) is 29.2 Å². The van der Waals surface area contributed by atoms with Crippen molar-refractivity contribution < 1.29 is 28.8 Å². The summed E-state index contributed by atoms with van der Waals surface area (Å²) in [5, 5.41) is 23.3. The van der Waals surface area contributed by atoms with Gasteiger partial charge in [-0.1, -0.05) is 6.92 Å². The Morgan fingerprint density at radius 2 is 1.73 bits per heavy atom. The topological polar surface area (TPSA) is 113 Å². The maximum atomic E-state index is 12.8. The van der Waals surface area contributed by atoms with Gasteiger partial charge in [-0.25, -0.2) is 4.79 Å². The van der Waals surface area contributed by atoms with Crippen molar-refractivity contribution in [2.45, 2.75) is 53.3 Å². The Bertz CT molecular complexity index is 821. The highest BCUT2D eigenvalue weighted by Crippen LogP contribution is 2.34. The number of hydrogen-bond acceptors (Lipinski definition) is 6. The predicted octanol–water partition coefficient (Wildman–Crippen LogP) is 2.05. The van der Waals surface area contributed by atoms with Gasteiger partial charge in [0.2, 0.25) is 5.91 Å². The molecule has 0 bridgehead atoms. The number of amides is 1. The lowest BCUT2D eigenvalue weighted by Crippen LogP contribution is -2.70. The van der Waals surface area contributed by atoms with Gasteiger partial charge in [-0.2, -0.15) is 0 Å². The molecule has 1 saturated heterocycles. The standard InChI is InChI=1S/C21H29N3O6/c1-5-17(25)20(22-18(13-19(22)26)24(6-2,7-3)8-4)21(27)30-14-15-9-11-16(12-10-15)23(28)29/h9-12,18H,5-8,13-14H2,1-4H3. The number of non-ortho nitro benzene ring substituents is 1. The van der Waals surface area contributed by atoms with Crippen LogP contribution in [0.15, 0.2) is 35.7 Å². The van der Waals surface area contributed by atoms with Crippen molar-refractivity contribution in [1.82, 2.24) is 4.90 Å². The third kappa shape index (κ3) is 4.46. The highest BCUT2D eigenvalue weighted by atomic mass is 16.6. The average molecular weight is 419 g/mol. The normalized spacial score (nSPS) is 17.3. The molecule has 1 atom stereocenters. The first-order valence-corrected chi connectivity index (χ1v) is 10.2. The average Bonchev–Trinajstić information content (AvgIpc) is 2.76. The van der Waals surface area contributed by atoms with E-state index in [-0.39, 0.29) is 42.9 Å². The second-order valence-corrected chi connectivity index (χ2v) is 7.24. The summed E-state index contributed by atoms with van der Waals surface area (Å²) in [7, 11) is 0. The number of esters is 1. The van der Waals surface area contributed by atoms with Crippen LogP contribution in [0.4, 0.5) is 5.69 Å². The number of rotatable bonds is 10. The van der Waals surface area contributed by atoms with Crippen LogP contribution in [0.3, 0.4) is 0 Å². The van der Waals surface area contributed by atoms with Gasteiger partial charge in [0.25, 0.3) is 5.69 Å². The molecule has 0 spiro atoms. The van der Waals surface area contributed by atoms with E-state index in [9.17, 15) is 24.8 Å². The Morgan fingerprint density at radius 3 is 2.17 bits per heavy atom. The van der Waals surface area contributed by atoms with Crippen LogP contribution in [-0.2, 0) is 20.9 Å². The van der Waals surface area contributed by atoms with Gasteiger partial charge in [0.05, 0.1) is 24.6 Å². The molecule has 9 heteroatoms. The summed E-state index contributed by atoms with van der Waals surface area (Å²) in [6, 6.07) is 5.60. The van der Waals surface area contributed by atoms with Crippen LogP contribution in [0, 0.1) is 10.1 Å². The van der Waals surface area contributed by atoms with Gasteiger partial charge in [-0.05, 0) is 44.9 Å². The second kappa shape index (κ2) is 9.71. The third-order valence-corrected chi connectivity index (χ3v) is 5.98. The Hall–Kier alpha value is -2.94. The smallest absolute Gasteiger partial charge is 0.354 e. The molecule has 1 unspecified atom stereocenters. The fourth-order valence-corrected chi connectivity index (χ4v) is 3.86. The summed E-state index contributed by atoms with van der Waals surface area (Å²) in [6.45, 7) is 9.88. The van der Waals surface area contributed by atoms with Crippen LogP contribution in [0.2, 0.25) is 0 Å². The van der Waals surface area contributed by atoms with Crippen LogP contribution in [0.25, 0.3) is 0 Å². The van der Waals surface area contributed by atoms with E-state index in [2.05, 4.69) is 0 Å². The third-order valence-electron chi connectivity index (χ3n) is 5.98. The van der Waals surface area contributed by atoms with Gasteiger partial charge >= 0.3 is 5.97 Å². The van der Waals surface area contributed by atoms with Crippen molar-refractivity contribution in [1.29, 1.82) is 0 Å². The van der Waals surface area contributed by atoms with E-state index in [1.54, 1.807) is 6.92 Å². The van der Waals surface area contributed by atoms with Crippen LogP contribution >= 0.6 is 0 Å². The van der Waals surface area contributed by atoms with Crippen molar-refractivity contribution in [3.63, 3.8) is 0 Å². The molecule has 1 aliphatic heterocycles. The first-order chi connectivity index (χ1) is 14.2. The van der Waals surface area contributed by atoms with Crippen LogP contribution in [0.1, 0.15) is 46.1 Å². The molecule has 1 fully saturated rings. The van der Waals surface area contributed by atoms with E-state index in [0.717, 1.165) is 19.6 Å². The Balaban J connectivity index is 2.24. The van der Waals surface area contributed by atoms with E-state index < -0.39 is 16.7 Å². The summed E-state index contributed by atoms with van der Waals surface area (Å²) in [5.41, 5.74) is 0.253. The van der Waals surface area contributed by atoms with E-state index in [4.69, 9.17) is 4.74 Å². The minimum Gasteiger partial charge on any atom is -0.874 e. The molecular formula is C21H29N3O6. The van der Waals surface area contributed by atoms with E-state index in [0.29, 0.717) is 10.0 Å². The molecule has 0 saturated carbocycles.